The maximum atomic E-state index is 11.4. The molecule has 0 spiro atoms. The number of ether oxygens (including phenoxy) is 1. The van der Waals surface area contributed by atoms with Crippen molar-refractivity contribution in [2.75, 3.05) is 36.2 Å². The van der Waals surface area contributed by atoms with Gasteiger partial charge in [-0.3, -0.25) is 4.79 Å². The molecule has 1 aromatic carbocycles. The monoisotopic (exact) mass is 420 g/mol. The molecular weight excluding hydrogens is 396 g/mol. The Kier molecular flexibility index (Phi) is 5.43. The molecule has 160 valence electrons. The van der Waals surface area contributed by atoms with Crippen molar-refractivity contribution in [1.29, 1.82) is 0 Å². The van der Waals surface area contributed by atoms with Crippen molar-refractivity contribution in [2.45, 2.75) is 19.3 Å². The third kappa shape index (κ3) is 4.13. The number of anilines is 4. The van der Waals surface area contributed by atoms with Crippen LogP contribution in [0.4, 0.5) is 23.1 Å². The number of methoxy groups -OCH3 is 1. The number of hydrogen-bond donors (Lipinski definition) is 4. The van der Waals surface area contributed by atoms with Gasteiger partial charge in [-0.25, -0.2) is 15.0 Å². The van der Waals surface area contributed by atoms with Crippen molar-refractivity contribution >= 4 is 29.0 Å². The number of benzene rings is 1. The molecule has 3 aromatic rings. The van der Waals surface area contributed by atoms with Crippen molar-refractivity contribution < 1.29 is 14.6 Å². The number of aliphatic hydroxyl groups excluding tert-OH is 1. The summed E-state index contributed by atoms with van der Waals surface area (Å²) in [5.74, 6) is 1.58. The second-order valence-corrected chi connectivity index (χ2v) is 7.68. The predicted octanol–water partition coefficient (Wildman–Crippen LogP) is 2.92. The Morgan fingerprint density at radius 3 is 2.87 bits per heavy atom. The quantitative estimate of drug-likeness (QED) is 0.480. The van der Waals surface area contributed by atoms with E-state index in [2.05, 4.69) is 30.9 Å². The molecule has 1 aliphatic rings. The van der Waals surface area contributed by atoms with Gasteiger partial charge in [-0.1, -0.05) is 6.92 Å². The molecule has 4 N–H and O–H groups in total. The first-order chi connectivity index (χ1) is 14.9. The van der Waals surface area contributed by atoms with Crippen molar-refractivity contribution in [3.8, 4) is 17.0 Å². The molecule has 9 nitrogen and oxygen atoms in total. The van der Waals surface area contributed by atoms with Gasteiger partial charge < -0.3 is 25.8 Å². The highest BCUT2D eigenvalue weighted by molar-refractivity contribution is 5.89. The van der Waals surface area contributed by atoms with E-state index in [9.17, 15) is 9.90 Å². The molecule has 0 radical (unpaired) electrons. The SMILES string of the molecule is COc1ccc(NC(C)=O)cc1Nc1nccc(-c2cnc3c(c2)C(C)(CO)CN3)n1. The zero-order valence-corrected chi connectivity index (χ0v) is 17.6. The van der Waals surface area contributed by atoms with Gasteiger partial charge in [0.1, 0.15) is 11.6 Å². The molecule has 0 aliphatic carbocycles. The second kappa shape index (κ2) is 8.19. The number of fused-ring (bicyclic) bond motifs is 1. The van der Waals surface area contributed by atoms with Gasteiger partial charge in [0.15, 0.2) is 0 Å². The third-order valence-electron chi connectivity index (χ3n) is 5.25. The summed E-state index contributed by atoms with van der Waals surface area (Å²) < 4.78 is 5.41. The Labute approximate surface area is 179 Å². The van der Waals surface area contributed by atoms with Crippen LogP contribution in [0.15, 0.2) is 42.7 Å². The molecule has 9 heteroatoms. The molecule has 0 fully saturated rings. The number of hydrogen-bond acceptors (Lipinski definition) is 8. The Morgan fingerprint density at radius 2 is 2.13 bits per heavy atom. The van der Waals surface area contributed by atoms with Crippen LogP contribution in [-0.2, 0) is 10.2 Å². The maximum absolute atomic E-state index is 11.4. The maximum Gasteiger partial charge on any atom is 0.227 e. The summed E-state index contributed by atoms with van der Waals surface area (Å²) in [5, 5.41) is 19.0. The minimum atomic E-state index is -0.385. The molecule has 0 bridgehead atoms. The minimum absolute atomic E-state index is 0.0269. The van der Waals surface area contributed by atoms with Gasteiger partial charge in [-0.05, 0) is 30.3 Å². The van der Waals surface area contributed by atoms with Gasteiger partial charge in [-0.15, -0.1) is 0 Å². The lowest BCUT2D eigenvalue weighted by Gasteiger charge is -2.20. The molecule has 31 heavy (non-hydrogen) atoms. The summed E-state index contributed by atoms with van der Waals surface area (Å²) in [5.41, 5.74) is 3.35. The predicted molar refractivity (Wildman–Crippen MR) is 119 cm³/mol. The Morgan fingerprint density at radius 1 is 1.29 bits per heavy atom. The fraction of sp³-hybridized carbons (Fsp3) is 0.273. The van der Waals surface area contributed by atoms with Crippen molar-refractivity contribution in [1.82, 2.24) is 15.0 Å². The van der Waals surface area contributed by atoms with E-state index in [0.29, 0.717) is 35.3 Å². The minimum Gasteiger partial charge on any atom is -0.495 e. The first-order valence-corrected chi connectivity index (χ1v) is 9.83. The Hall–Kier alpha value is -3.72. The number of nitrogens with zero attached hydrogens (tertiary/aromatic N) is 3. The van der Waals surface area contributed by atoms with Crippen LogP contribution in [0.25, 0.3) is 11.3 Å². The zero-order valence-electron chi connectivity index (χ0n) is 17.6. The van der Waals surface area contributed by atoms with Crippen LogP contribution in [0.1, 0.15) is 19.4 Å². The Bertz CT molecular complexity index is 1140. The van der Waals surface area contributed by atoms with Gasteiger partial charge in [-0.2, -0.15) is 0 Å². The fourth-order valence-electron chi connectivity index (χ4n) is 3.51. The highest BCUT2D eigenvalue weighted by Crippen LogP contribution is 2.37. The first-order valence-electron chi connectivity index (χ1n) is 9.83. The van der Waals surface area contributed by atoms with E-state index in [0.717, 1.165) is 16.9 Å². The van der Waals surface area contributed by atoms with Crippen LogP contribution in [-0.4, -0.2) is 46.2 Å². The number of nitrogens with one attached hydrogen (secondary N) is 3. The fourth-order valence-corrected chi connectivity index (χ4v) is 3.51. The first kappa shape index (κ1) is 20.5. The smallest absolute Gasteiger partial charge is 0.227 e. The van der Waals surface area contributed by atoms with Gasteiger partial charge in [0.05, 0.1) is 25.1 Å². The number of carbonyl (C=O) groups is 1. The Balaban J connectivity index is 1.65. The summed E-state index contributed by atoms with van der Waals surface area (Å²) in [6.07, 6.45) is 3.41. The topological polar surface area (TPSA) is 121 Å². The van der Waals surface area contributed by atoms with E-state index in [1.807, 2.05) is 13.0 Å². The molecule has 2 aromatic heterocycles. The van der Waals surface area contributed by atoms with Crippen molar-refractivity contribution in [2.24, 2.45) is 0 Å². The summed E-state index contributed by atoms with van der Waals surface area (Å²) >= 11 is 0. The number of carbonyl (C=O) groups excluding carboxylic acids is 1. The van der Waals surface area contributed by atoms with Crippen LogP contribution in [0, 0.1) is 0 Å². The van der Waals surface area contributed by atoms with Gasteiger partial charge in [0.2, 0.25) is 11.9 Å². The number of aliphatic hydroxyl groups is 1. The average molecular weight is 420 g/mol. The van der Waals surface area contributed by atoms with Gasteiger partial charge >= 0.3 is 0 Å². The molecule has 1 aliphatic heterocycles. The van der Waals surface area contributed by atoms with Gasteiger partial charge in [0.25, 0.3) is 0 Å². The van der Waals surface area contributed by atoms with E-state index in [1.165, 1.54) is 6.92 Å². The number of aromatic nitrogens is 3. The highest BCUT2D eigenvalue weighted by atomic mass is 16.5. The molecule has 1 amide bonds. The largest absolute Gasteiger partial charge is 0.495 e. The van der Waals surface area contributed by atoms with E-state index >= 15 is 0 Å². The number of rotatable bonds is 6. The summed E-state index contributed by atoms with van der Waals surface area (Å²) in [4.78, 5) is 24.8. The van der Waals surface area contributed by atoms with Crippen LogP contribution in [0.5, 0.6) is 5.75 Å². The molecule has 0 saturated heterocycles. The lowest BCUT2D eigenvalue weighted by atomic mass is 9.85. The van der Waals surface area contributed by atoms with Crippen LogP contribution < -0.4 is 20.7 Å². The summed E-state index contributed by atoms with van der Waals surface area (Å²) in [6, 6.07) is 9.07. The van der Waals surface area contributed by atoms with Crippen LogP contribution in [0.3, 0.4) is 0 Å². The lowest BCUT2D eigenvalue weighted by molar-refractivity contribution is -0.114. The van der Waals surface area contributed by atoms with Crippen molar-refractivity contribution in [3.63, 3.8) is 0 Å². The van der Waals surface area contributed by atoms with E-state index in [1.54, 1.807) is 43.8 Å². The third-order valence-corrected chi connectivity index (χ3v) is 5.25. The molecule has 1 atom stereocenters. The van der Waals surface area contributed by atoms with E-state index in [-0.39, 0.29) is 17.9 Å². The highest BCUT2D eigenvalue weighted by Gasteiger charge is 2.35. The molecule has 4 rings (SSSR count). The lowest BCUT2D eigenvalue weighted by Crippen LogP contribution is -2.28. The van der Waals surface area contributed by atoms with Crippen molar-refractivity contribution in [3.05, 3.63) is 48.3 Å². The van der Waals surface area contributed by atoms with Gasteiger partial charge in [0, 0.05) is 48.1 Å². The van der Waals surface area contributed by atoms with E-state index < -0.39 is 0 Å². The van der Waals surface area contributed by atoms with Crippen LogP contribution in [0.2, 0.25) is 0 Å². The molecular formula is C22H24N6O3. The normalized spacial score (nSPS) is 16.9. The summed E-state index contributed by atoms with van der Waals surface area (Å²) in [6.45, 7) is 4.11. The summed E-state index contributed by atoms with van der Waals surface area (Å²) in [7, 11) is 1.57. The van der Waals surface area contributed by atoms with E-state index in [4.69, 9.17) is 4.74 Å². The second-order valence-electron chi connectivity index (χ2n) is 7.68. The number of amides is 1. The molecule has 0 saturated carbocycles. The number of pyridine rings is 1. The standard InChI is InChI=1S/C22H24N6O3/c1-13(30)26-15-4-5-19(31-3)18(9-15)28-21-23-7-6-17(27-21)14-8-16-20(24-10-14)25-11-22(16,2)12-29/h4-10,29H,11-12H2,1-3H3,(H,24,25)(H,26,30)(H,23,27,28). The average Bonchev–Trinajstić information content (AvgIpc) is 3.10. The molecule has 3 heterocycles. The molecule has 1 unspecified atom stereocenters. The van der Waals surface area contributed by atoms with Crippen LogP contribution >= 0.6 is 0 Å². The zero-order chi connectivity index (χ0) is 22.0.